The number of furan rings is 1. The van der Waals surface area contributed by atoms with Crippen molar-refractivity contribution in [2.24, 2.45) is 0 Å². The highest BCUT2D eigenvalue weighted by Crippen LogP contribution is 2.28. The van der Waals surface area contributed by atoms with Crippen LogP contribution in [0.1, 0.15) is 19.4 Å². The van der Waals surface area contributed by atoms with Gasteiger partial charge in [0.25, 0.3) is 0 Å². The van der Waals surface area contributed by atoms with Crippen LogP contribution in [0.5, 0.6) is 0 Å². The number of carbonyl (C=O) groups is 1. The normalized spacial score (nSPS) is 12.0. The fraction of sp³-hybridized carbons (Fsp3) is 0.167. The van der Waals surface area contributed by atoms with Gasteiger partial charge >= 0.3 is 0 Å². The first-order chi connectivity index (χ1) is 10.4. The van der Waals surface area contributed by atoms with Crippen LogP contribution in [-0.4, -0.2) is 6.29 Å². The summed E-state index contributed by atoms with van der Waals surface area (Å²) < 4.78 is 12.1. The quantitative estimate of drug-likeness (QED) is 0.303. The molecule has 0 bridgehead atoms. The van der Waals surface area contributed by atoms with Crippen LogP contribution >= 0.6 is 15.9 Å². The molecule has 0 saturated heterocycles. The molecule has 1 heterocycles. The first-order valence-corrected chi connectivity index (χ1v) is 7.53. The van der Waals surface area contributed by atoms with Gasteiger partial charge in [-0.1, -0.05) is 18.7 Å². The van der Waals surface area contributed by atoms with E-state index in [1.54, 1.807) is 6.26 Å². The third-order valence-corrected chi connectivity index (χ3v) is 3.95. The highest BCUT2D eigenvalue weighted by atomic mass is 79.9. The molecule has 0 radical (unpaired) electrons. The molecule has 0 aliphatic carbocycles. The number of aldehydes is 1. The largest absolute Gasteiger partial charge is 0.488 e. The number of ether oxygens (including phenoxy) is 1. The van der Waals surface area contributed by atoms with Crippen LogP contribution in [0.4, 0.5) is 0 Å². The lowest BCUT2D eigenvalue weighted by molar-refractivity contribution is -0.105. The highest BCUT2D eigenvalue weighted by molar-refractivity contribution is 9.10. The zero-order valence-electron chi connectivity index (χ0n) is 12.6. The van der Waals surface area contributed by atoms with Crippen molar-refractivity contribution >= 4 is 33.2 Å². The minimum absolute atomic E-state index is 0.309. The number of benzene rings is 1. The van der Waals surface area contributed by atoms with Gasteiger partial charge in [0.15, 0.2) is 6.29 Å². The Kier molecular flexibility index (Phi) is 5.03. The fourth-order valence-electron chi connectivity index (χ4n) is 2.02. The standard InChI is InChI=1S/C18H17BrO3/c1-11(2)13(4)17(12(3)9-20)22-10-14-7-15-5-6-21-18(15)16(19)8-14/h5-9H,1,3,10H2,2,4H3/b17-13+. The zero-order chi connectivity index (χ0) is 16.3. The Balaban J connectivity index is 2.28. The molecule has 2 aromatic rings. The smallest absolute Gasteiger partial charge is 0.153 e. The van der Waals surface area contributed by atoms with Crippen LogP contribution in [0.3, 0.4) is 0 Å². The van der Waals surface area contributed by atoms with E-state index in [2.05, 4.69) is 29.1 Å². The Morgan fingerprint density at radius 2 is 2.09 bits per heavy atom. The maximum Gasteiger partial charge on any atom is 0.153 e. The molecule has 22 heavy (non-hydrogen) atoms. The lowest BCUT2D eigenvalue weighted by Crippen LogP contribution is -2.01. The Hall–Kier alpha value is -2.07. The molecule has 2 rings (SSSR count). The van der Waals surface area contributed by atoms with Gasteiger partial charge in [-0.2, -0.15) is 0 Å². The Morgan fingerprint density at radius 3 is 2.73 bits per heavy atom. The third kappa shape index (κ3) is 3.39. The Bertz CT molecular complexity index is 781. The molecule has 0 aliphatic heterocycles. The number of hydrogen-bond donors (Lipinski definition) is 0. The van der Waals surface area contributed by atoms with Crippen molar-refractivity contribution in [2.75, 3.05) is 0 Å². The zero-order valence-corrected chi connectivity index (χ0v) is 14.2. The van der Waals surface area contributed by atoms with Crippen molar-refractivity contribution in [1.29, 1.82) is 0 Å². The topological polar surface area (TPSA) is 39.4 Å². The van der Waals surface area contributed by atoms with Gasteiger partial charge in [-0.3, -0.25) is 4.79 Å². The van der Waals surface area contributed by atoms with Crippen LogP contribution in [0, 0.1) is 0 Å². The second-order valence-electron chi connectivity index (χ2n) is 5.08. The van der Waals surface area contributed by atoms with Crippen molar-refractivity contribution in [3.63, 3.8) is 0 Å². The van der Waals surface area contributed by atoms with Crippen molar-refractivity contribution in [2.45, 2.75) is 20.5 Å². The fourth-order valence-corrected chi connectivity index (χ4v) is 2.64. The molecule has 3 nitrogen and oxygen atoms in total. The van der Waals surface area contributed by atoms with Crippen LogP contribution < -0.4 is 0 Å². The third-order valence-electron chi connectivity index (χ3n) is 3.36. The van der Waals surface area contributed by atoms with Gasteiger partial charge in [-0.15, -0.1) is 0 Å². The SMILES string of the molecule is C=C(C)/C(C)=C(/OCc1cc(Br)c2occc2c1)C(=C)C=O. The molecule has 4 heteroatoms. The second kappa shape index (κ2) is 6.79. The minimum atomic E-state index is 0.309. The van der Waals surface area contributed by atoms with E-state index in [0.717, 1.165) is 32.2 Å². The van der Waals surface area contributed by atoms with Gasteiger partial charge < -0.3 is 9.15 Å². The van der Waals surface area contributed by atoms with Gasteiger partial charge in [0.2, 0.25) is 0 Å². The number of hydrogen-bond acceptors (Lipinski definition) is 3. The summed E-state index contributed by atoms with van der Waals surface area (Å²) in [6, 6.07) is 5.81. The first-order valence-electron chi connectivity index (χ1n) is 6.73. The summed E-state index contributed by atoms with van der Waals surface area (Å²) in [6.07, 6.45) is 2.34. The van der Waals surface area contributed by atoms with Gasteiger partial charge in [0, 0.05) is 11.0 Å². The average Bonchev–Trinajstić information content (AvgIpc) is 2.95. The Morgan fingerprint density at radius 1 is 1.36 bits per heavy atom. The van der Waals surface area contributed by atoms with Gasteiger partial charge in [-0.25, -0.2) is 0 Å². The van der Waals surface area contributed by atoms with E-state index < -0.39 is 0 Å². The maximum absolute atomic E-state index is 11.0. The van der Waals surface area contributed by atoms with E-state index in [9.17, 15) is 4.79 Å². The van der Waals surface area contributed by atoms with E-state index in [1.807, 2.05) is 32.0 Å². The van der Waals surface area contributed by atoms with Crippen LogP contribution in [0.25, 0.3) is 11.0 Å². The molecular weight excluding hydrogens is 344 g/mol. The summed E-state index contributed by atoms with van der Waals surface area (Å²) in [5.74, 6) is 0.478. The van der Waals surface area contributed by atoms with Crippen molar-refractivity contribution < 1.29 is 13.9 Å². The monoisotopic (exact) mass is 360 g/mol. The molecule has 0 fully saturated rings. The molecule has 0 amide bonds. The molecular formula is C18H17BrO3. The van der Waals surface area contributed by atoms with Crippen molar-refractivity contribution in [3.8, 4) is 0 Å². The highest BCUT2D eigenvalue weighted by Gasteiger charge is 2.11. The number of halogens is 1. The summed E-state index contributed by atoms with van der Waals surface area (Å²) in [4.78, 5) is 11.0. The lowest BCUT2D eigenvalue weighted by atomic mass is 10.1. The summed E-state index contributed by atoms with van der Waals surface area (Å²) in [7, 11) is 0. The molecule has 0 aliphatic rings. The number of carbonyl (C=O) groups excluding carboxylic acids is 1. The second-order valence-corrected chi connectivity index (χ2v) is 5.94. The summed E-state index contributed by atoms with van der Waals surface area (Å²) in [5.41, 5.74) is 3.73. The predicted molar refractivity (Wildman–Crippen MR) is 91.4 cm³/mol. The van der Waals surface area contributed by atoms with E-state index in [4.69, 9.17) is 9.15 Å². The van der Waals surface area contributed by atoms with Crippen molar-refractivity contribution in [1.82, 2.24) is 0 Å². The van der Waals surface area contributed by atoms with Crippen molar-refractivity contribution in [3.05, 3.63) is 70.1 Å². The molecule has 0 atom stereocenters. The summed E-state index contributed by atoms with van der Waals surface area (Å²) in [6.45, 7) is 11.7. The molecule has 0 unspecified atom stereocenters. The van der Waals surface area contributed by atoms with Crippen LogP contribution in [-0.2, 0) is 16.1 Å². The number of rotatable bonds is 6. The van der Waals surface area contributed by atoms with Gasteiger partial charge in [0.05, 0.1) is 10.7 Å². The molecule has 0 spiro atoms. The van der Waals surface area contributed by atoms with E-state index in [1.165, 1.54) is 0 Å². The van der Waals surface area contributed by atoms with E-state index >= 15 is 0 Å². The average molecular weight is 361 g/mol. The minimum Gasteiger partial charge on any atom is -0.488 e. The summed E-state index contributed by atoms with van der Waals surface area (Å²) >= 11 is 3.48. The Labute approximate surface area is 138 Å². The summed E-state index contributed by atoms with van der Waals surface area (Å²) in [5, 5.41) is 0.990. The van der Waals surface area contributed by atoms with Crippen LogP contribution in [0.15, 0.2) is 69.0 Å². The molecule has 0 saturated carbocycles. The molecule has 1 aromatic heterocycles. The molecule has 1 aromatic carbocycles. The lowest BCUT2D eigenvalue weighted by Gasteiger charge is -2.14. The van der Waals surface area contributed by atoms with E-state index in [0.29, 0.717) is 24.2 Å². The molecule has 114 valence electrons. The van der Waals surface area contributed by atoms with Gasteiger partial charge in [-0.05, 0) is 59.1 Å². The number of fused-ring (bicyclic) bond motifs is 1. The van der Waals surface area contributed by atoms with E-state index in [-0.39, 0.29) is 0 Å². The maximum atomic E-state index is 11.0. The predicted octanol–water partition coefficient (Wildman–Crippen LogP) is 5.32. The number of allylic oxidation sites excluding steroid dienone is 3. The van der Waals surface area contributed by atoms with Gasteiger partial charge in [0.1, 0.15) is 17.9 Å². The first kappa shape index (κ1) is 16.3. The van der Waals surface area contributed by atoms with Crippen LogP contribution in [0.2, 0.25) is 0 Å². The molecule has 0 N–H and O–H groups in total.